The summed E-state index contributed by atoms with van der Waals surface area (Å²) in [5.41, 5.74) is 9.11. The molecular formula is C34H40N6O7. The SMILES string of the molecule is C.C.Cc1cc(N)cn(Cc2ccccc2)c1=O.Cc1cc([N+](=O)[O-])c[nH]c1=O.Cc1cc([N+](=O)[O-])cn(Cc2ccccc2)c1=O. The molecule has 3 heterocycles. The summed E-state index contributed by atoms with van der Waals surface area (Å²) in [4.78, 5) is 56.6. The van der Waals surface area contributed by atoms with Gasteiger partial charge in [-0.2, -0.15) is 0 Å². The van der Waals surface area contributed by atoms with Crippen molar-refractivity contribution in [2.24, 2.45) is 0 Å². The molecule has 248 valence electrons. The first-order valence-corrected chi connectivity index (χ1v) is 13.6. The van der Waals surface area contributed by atoms with Crippen LogP contribution < -0.4 is 22.4 Å². The second kappa shape index (κ2) is 18.0. The number of hydrogen-bond acceptors (Lipinski definition) is 8. The smallest absolute Gasteiger partial charge is 0.286 e. The molecule has 0 amide bonds. The van der Waals surface area contributed by atoms with Gasteiger partial charge in [-0.3, -0.25) is 34.6 Å². The van der Waals surface area contributed by atoms with Crippen molar-refractivity contribution < 1.29 is 9.85 Å². The number of nitrogens with two attached hydrogens (primary N) is 1. The molecule has 0 radical (unpaired) electrons. The van der Waals surface area contributed by atoms with E-state index in [1.54, 1.807) is 30.7 Å². The highest BCUT2D eigenvalue weighted by molar-refractivity contribution is 5.37. The third-order valence-corrected chi connectivity index (χ3v) is 6.42. The first-order valence-electron chi connectivity index (χ1n) is 13.6. The maximum absolute atomic E-state index is 11.9. The highest BCUT2D eigenvalue weighted by atomic mass is 16.6. The van der Waals surface area contributed by atoms with E-state index in [1.165, 1.54) is 29.8 Å². The number of anilines is 1. The summed E-state index contributed by atoms with van der Waals surface area (Å²) in [6.45, 7) is 5.77. The van der Waals surface area contributed by atoms with Crippen LogP contribution in [0.1, 0.15) is 42.7 Å². The molecule has 0 aliphatic heterocycles. The van der Waals surface area contributed by atoms with E-state index in [0.717, 1.165) is 17.3 Å². The molecule has 3 N–H and O–H groups in total. The van der Waals surface area contributed by atoms with Gasteiger partial charge in [-0.15, -0.1) is 0 Å². The van der Waals surface area contributed by atoms with Gasteiger partial charge in [-0.05, 0) is 38.0 Å². The molecule has 0 saturated heterocycles. The van der Waals surface area contributed by atoms with Crippen LogP contribution in [-0.4, -0.2) is 24.0 Å². The van der Waals surface area contributed by atoms with Gasteiger partial charge in [0.2, 0.25) is 0 Å². The number of aryl methyl sites for hydroxylation is 3. The van der Waals surface area contributed by atoms with Crippen LogP contribution in [0.5, 0.6) is 0 Å². The van der Waals surface area contributed by atoms with Crippen LogP contribution in [0.25, 0.3) is 0 Å². The molecule has 47 heavy (non-hydrogen) atoms. The minimum absolute atomic E-state index is 0. The maximum Gasteiger partial charge on any atom is 0.286 e. The minimum atomic E-state index is -0.553. The van der Waals surface area contributed by atoms with Crippen molar-refractivity contribution in [3.8, 4) is 0 Å². The molecular weight excluding hydrogens is 604 g/mol. The molecule has 5 rings (SSSR count). The Morgan fingerprint density at radius 1 is 0.660 bits per heavy atom. The zero-order valence-corrected chi connectivity index (χ0v) is 24.9. The van der Waals surface area contributed by atoms with Crippen molar-refractivity contribution in [2.75, 3.05) is 5.73 Å². The Labute approximate surface area is 271 Å². The van der Waals surface area contributed by atoms with Crippen LogP contribution in [0.15, 0.2) is 112 Å². The van der Waals surface area contributed by atoms with Crippen LogP contribution in [0.3, 0.4) is 0 Å². The van der Waals surface area contributed by atoms with E-state index < -0.39 is 9.85 Å². The van der Waals surface area contributed by atoms with Crippen molar-refractivity contribution >= 4 is 17.1 Å². The number of aromatic nitrogens is 3. The fraction of sp³-hybridized carbons (Fsp3) is 0.206. The maximum atomic E-state index is 11.9. The van der Waals surface area contributed by atoms with Crippen molar-refractivity contribution in [2.45, 2.75) is 48.7 Å². The van der Waals surface area contributed by atoms with Gasteiger partial charge >= 0.3 is 0 Å². The molecule has 0 atom stereocenters. The van der Waals surface area contributed by atoms with E-state index in [-0.39, 0.29) is 42.9 Å². The summed E-state index contributed by atoms with van der Waals surface area (Å²) >= 11 is 0. The van der Waals surface area contributed by atoms with Crippen LogP contribution in [0, 0.1) is 41.0 Å². The summed E-state index contributed by atoms with van der Waals surface area (Å²) in [6, 6.07) is 23.4. The fourth-order valence-corrected chi connectivity index (χ4v) is 4.16. The molecule has 0 aliphatic rings. The Hall–Kier alpha value is -6.11. The highest BCUT2D eigenvalue weighted by Crippen LogP contribution is 2.11. The summed E-state index contributed by atoms with van der Waals surface area (Å²) in [5, 5.41) is 20.9. The number of rotatable bonds is 6. The standard InChI is InChI=1S/C13H12N2O3.C13H14N2O.C6H6N2O3.2CH4/c1-10-7-12(15(17)18)9-14(13(10)16)8-11-5-3-2-4-6-11;1-10-7-12(14)9-15(13(10)16)8-11-5-3-2-4-6-11;1-4-2-5(8(10)11)3-7-6(4)9;;/h2-7,9H,8H2,1H3;2-7,9H,8,14H2,1H3;2-3H,1H3,(H,7,9);2*1H4. The third-order valence-electron chi connectivity index (χ3n) is 6.42. The van der Waals surface area contributed by atoms with Crippen LogP contribution in [0.4, 0.5) is 17.1 Å². The molecule has 2 aromatic carbocycles. The normalized spacial score (nSPS) is 9.68. The summed E-state index contributed by atoms with van der Waals surface area (Å²) in [7, 11) is 0. The van der Waals surface area contributed by atoms with E-state index in [4.69, 9.17) is 5.73 Å². The first-order chi connectivity index (χ1) is 21.3. The lowest BCUT2D eigenvalue weighted by Gasteiger charge is -2.08. The Balaban J connectivity index is 0.000000355. The number of hydrogen-bond donors (Lipinski definition) is 2. The number of nitrogens with one attached hydrogen (secondary N) is 1. The van der Waals surface area contributed by atoms with Crippen LogP contribution >= 0.6 is 0 Å². The van der Waals surface area contributed by atoms with Gasteiger partial charge in [0, 0.05) is 40.7 Å². The second-order valence-corrected chi connectivity index (χ2v) is 10.1. The van der Waals surface area contributed by atoms with Gasteiger partial charge in [-0.1, -0.05) is 75.5 Å². The van der Waals surface area contributed by atoms with E-state index in [2.05, 4.69) is 4.98 Å². The van der Waals surface area contributed by atoms with Gasteiger partial charge in [0.15, 0.2) is 0 Å². The lowest BCUT2D eigenvalue weighted by atomic mass is 10.2. The Morgan fingerprint density at radius 2 is 1.09 bits per heavy atom. The van der Waals surface area contributed by atoms with Crippen molar-refractivity contribution in [1.29, 1.82) is 0 Å². The average Bonchev–Trinajstić information content (AvgIpc) is 3.01. The Kier molecular flexibility index (Phi) is 14.9. The largest absolute Gasteiger partial charge is 0.398 e. The molecule has 0 bridgehead atoms. The number of nitrogens with zero attached hydrogens (tertiary/aromatic N) is 4. The molecule has 0 unspecified atom stereocenters. The predicted molar refractivity (Wildman–Crippen MR) is 185 cm³/mol. The zero-order valence-electron chi connectivity index (χ0n) is 24.9. The topological polar surface area (TPSA) is 189 Å². The molecule has 3 aromatic heterocycles. The van der Waals surface area contributed by atoms with Crippen molar-refractivity contribution in [1.82, 2.24) is 14.1 Å². The average molecular weight is 645 g/mol. The Morgan fingerprint density at radius 3 is 1.53 bits per heavy atom. The molecule has 0 spiro atoms. The van der Waals surface area contributed by atoms with Gasteiger partial charge in [0.25, 0.3) is 28.1 Å². The summed E-state index contributed by atoms with van der Waals surface area (Å²) in [5.74, 6) is 0. The molecule has 5 aromatic rings. The monoisotopic (exact) mass is 644 g/mol. The van der Waals surface area contributed by atoms with Crippen molar-refractivity contribution in [3.63, 3.8) is 0 Å². The van der Waals surface area contributed by atoms with Crippen molar-refractivity contribution in [3.05, 3.63) is 177 Å². The van der Waals surface area contributed by atoms with E-state index >= 15 is 0 Å². The molecule has 13 nitrogen and oxygen atoms in total. The summed E-state index contributed by atoms with van der Waals surface area (Å²) in [6.07, 6.45) is 4.04. The number of H-pyrrole nitrogens is 1. The highest BCUT2D eigenvalue weighted by Gasteiger charge is 2.11. The van der Waals surface area contributed by atoms with Crippen LogP contribution in [-0.2, 0) is 13.1 Å². The first kappa shape index (κ1) is 38.9. The second-order valence-electron chi connectivity index (χ2n) is 10.1. The predicted octanol–water partition coefficient (Wildman–Crippen LogP) is 5.76. The Bertz CT molecular complexity index is 1970. The van der Waals surface area contributed by atoms with E-state index in [1.807, 2.05) is 60.7 Å². The minimum Gasteiger partial charge on any atom is -0.398 e. The van der Waals surface area contributed by atoms with Gasteiger partial charge in [-0.25, -0.2) is 0 Å². The number of nitro groups is 2. The van der Waals surface area contributed by atoms with Gasteiger partial charge in [0.1, 0.15) is 0 Å². The van der Waals surface area contributed by atoms with Crippen LogP contribution in [0.2, 0.25) is 0 Å². The molecule has 0 saturated carbocycles. The molecule has 13 heteroatoms. The van der Waals surface area contributed by atoms with Gasteiger partial charge < -0.3 is 19.9 Å². The lowest BCUT2D eigenvalue weighted by molar-refractivity contribution is -0.385. The summed E-state index contributed by atoms with van der Waals surface area (Å²) < 4.78 is 3.00. The van der Waals surface area contributed by atoms with Gasteiger partial charge in [0.05, 0.1) is 35.3 Å². The quantitative estimate of drug-likeness (QED) is 0.172. The molecule has 0 fully saturated rings. The third kappa shape index (κ3) is 11.4. The number of aromatic amines is 1. The van der Waals surface area contributed by atoms with E-state index in [9.17, 15) is 34.6 Å². The number of nitrogen functional groups attached to an aromatic ring is 1. The molecule has 0 aliphatic carbocycles. The lowest BCUT2D eigenvalue weighted by Crippen LogP contribution is -2.22. The fourth-order valence-electron chi connectivity index (χ4n) is 4.16. The number of pyridine rings is 3. The zero-order chi connectivity index (χ0) is 33.1. The van der Waals surface area contributed by atoms with E-state index in [0.29, 0.717) is 35.5 Å². The number of benzene rings is 2.